The van der Waals surface area contributed by atoms with Crippen molar-refractivity contribution in [2.24, 2.45) is 5.92 Å². The van der Waals surface area contributed by atoms with Crippen LogP contribution in [0.3, 0.4) is 0 Å². The van der Waals surface area contributed by atoms with Crippen molar-refractivity contribution in [2.45, 2.75) is 20.3 Å². The highest BCUT2D eigenvalue weighted by Crippen LogP contribution is 2.40. The van der Waals surface area contributed by atoms with Crippen molar-refractivity contribution >= 4 is 5.97 Å². The lowest BCUT2D eigenvalue weighted by atomic mass is 10.1. The highest BCUT2D eigenvalue weighted by molar-refractivity contribution is 5.76. The van der Waals surface area contributed by atoms with Crippen LogP contribution in [0.5, 0.6) is 17.2 Å². The summed E-state index contributed by atoms with van der Waals surface area (Å²) in [6, 6.07) is 5.25. The van der Waals surface area contributed by atoms with Gasteiger partial charge in [0.2, 0.25) is 12.5 Å². The maximum absolute atomic E-state index is 11.6. The zero-order valence-electron chi connectivity index (χ0n) is 9.36. The average molecular weight is 222 g/mol. The molecule has 0 spiro atoms. The largest absolute Gasteiger partial charge is 0.453 e. The molecule has 1 atom stereocenters. The lowest BCUT2D eigenvalue weighted by molar-refractivity contribution is -0.138. The van der Waals surface area contributed by atoms with E-state index in [9.17, 15) is 4.79 Å². The Morgan fingerprint density at radius 2 is 2.31 bits per heavy atom. The molecule has 1 aromatic rings. The molecule has 2 rings (SSSR count). The van der Waals surface area contributed by atoms with Crippen LogP contribution >= 0.6 is 0 Å². The van der Waals surface area contributed by atoms with E-state index in [1.165, 1.54) is 0 Å². The molecule has 0 amide bonds. The SMILES string of the molecule is CCC(C)C(=O)Oc1cccc2c1OCO2. The first-order valence-electron chi connectivity index (χ1n) is 5.32. The van der Waals surface area contributed by atoms with Gasteiger partial charge in [-0.25, -0.2) is 0 Å². The molecule has 86 valence electrons. The molecule has 0 radical (unpaired) electrons. The normalized spacial score (nSPS) is 14.6. The topological polar surface area (TPSA) is 44.8 Å². The number of carbonyl (C=O) groups is 1. The Labute approximate surface area is 94.1 Å². The summed E-state index contributed by atoms with van der Waals surface area (Å²) in [5.74, 6) is 1.21. The van der Waals surface area contributed by atoms with Crippen LogP contribution in [-0.4, -0.2) is 12.8 Å². The predicted octanol–water partition coefficient (Wildman–Crippen LogP) is 2.37. The Morgan fingerprint density at radius 3 is 3.06 bits per heavy atom. The van der Waals surface area contributed by atoms with Crippen molar-refractivity contribution in [2.75, 3.05) is 6.79 Å². The number of hydrogen-bond acceptors (Lipinski definition) is 4. The first kappa shape index (κ1) is 10.8. The summed E-state index contributed by atoms with van der Waals surface area (Å²) in [4.78, 5) is 11.6. The number of rotatable bonds is 3. The minimum atomic E-state index is -0.244. The average Bonchev–Trinajstić information content (AvgIpc) is 2.77. The summed E-state index contributed by atoms with van der Waals surface area (Å²) in [6.45, 7) is 3.96. The molecule has 1 unspecified atom stereocenters. The van der Waals surface area contributed by atoms with Crippen molar-refractivity contribution in [1.82, 2.24) is 0 Å². The minimum absolute atomic E-state index is 0.113. The molecule has 0 N–H and O–H groups in total. The molecule has 4 nitrogen and oxygen atoms in total. The van der Waals surface area contributed by atoms with Crippen LogP contribution in [0.15, 0.2) is 18.2 Å². The van der Waals surface area contributed by atoms with E-state index in [2.05, 4.69) is 0 Å². The van der Waals surface area contributed by atoms with Crippen molar-refractivity contribution in [1.29, 1.82) is 0 Å². The van der Waals surface area contributed by atoms with Gasteiger partial charge in [-0.3, -0.25) is 4.79 Å². The Bertz CT molecular complexity index is 400. The second kappa shape index (κ2) is 4.43. The Hall–Kier alpha value is -1.71. The fourth-order valence-corrected chi connectivity index (χ4v) is 1.36. The molecule has 1 aliphatic heterocycles. The molecule has 0 aliphatic carbocycles. The standard InChI is InChI=1S/C12H14O4/c1-3-8(2)12(13)16-10-6-4-5-9-11(10)15-7-14-9/h4-6,8H,3,7H2,1-2H3. The van der Waals surface area contributed by atoms with Crippen LogP contribution in [0, 0.1) is 5.92 Å². The van der Waals surface area contributed by atoms with Gasteiger partial charge in [0.25, 0.3) is 0 Å². The third-order valence-electron chi connectivity index (χ3n) is 2.59. The smallest absolute Gasteiger partial charge is 0.314 e. The monoisotopic (exact) mass is 222 g/mol. The minimum Gasteiger partial charge on any atom is -0.453 e. The molecule has 0 fully saturated rings. The zero-order chi connectivity index (χ0) is 11.5. The highest BCUT2D eigenvalue weighted by atomic mass is 16.7. The molecule has 1 heterocycles. The van der Waals surface area contributed by atoms with Crippen LogP contribution in [0.4, 0.5) is 0 Å². The number of fused-ring (bicyclic) bond motifs is 1. The number of benzene rings is 1. The zero-order valence-corrected chi connectivity index (χ0v) is 9.36. The Balaban J connectivity index is 2.16. The van der Waals surface area contributed by atoms with E-state index in [0.29, 0.717) is 17.2 Å². The molecular formula is C12H14O4. The fraction of sp³-hybridized carbons (Fsp3) is 0.417. The van der Waals surface area contributed by atoms with Gasteiger partial charge in [-0.2, -0.15) is 0 Å². The second-order valence-electron chi connectivity index (χ2n) is 3.72. The quantitative estimate of drug-likeness (QED) is 0.581. The number of ether oxygens (including phenoxy) is 3. The molecule has 0 saturated carbocycles. The molecule has 0 bridgehead atoms. The maximum Gasteiger partial charge on any atom is 0.314 e. The molecule has 16 heavy (non-hydrogen) atoms. The third kappa shape index (κ3) is 1.96. The summed E-state index contributed by atoms with van der Waals surface area (Å²) in [7, 11) is 0. The van der Waals surface area contributed by atoms with Crippen molar-refractivity contribution < 1.29 is 19.0 Å². The van der Waals surface area contributed by atoms with Crippen molar-refractivity contribution in [3.63, 3.8) is 0 Å². The van der Waals surface area contributed by atoms with Gasteiger partial charge in [0.05, 0.1) is 5.92 Å². The first-order valence-corrected chi connectivity index (χ1v) is 5.32. The summed E-state index contributed by atoms with van der Waals surface area (Å²) in [5.41, 5.74) is 0. The summed E-state index contributed by atoms with van der Waals surface area (Å²) in [5, 5.41) is 0. The van der Waals surface area contributed by atoms with E-state index >= 15 is 0 Å². The number of carbonyl (C=O) groups excluding carboxylic acids is 1. The van der Waals surface area contributed by atoms with E-state index in [1.807, 2.05) is 13.8 Å². The van der Waals surface area contributed by atoms with Gasteiger partial charge in [0, 0.05) is 0 Å². The van der Waals surface area contributed by atoms with Gasteiger partial charge in [0.1, 0.15) is 0 Å². The van der Waals surface area contributed by atoms with E-state index in [4.69, 9.17) is 14.2 Å². The van der Waals surface area contributed by atoms with Gasteiger partial charge in [0.15, 0.2) is 11.5 Å². The molecule has 0 saturated heterocycles. The van der Waals surface area contributed by atoms with Crippen LogP contribution < -0.4 is 14.2 Å². The summed E-state index contributed by atoms with van der Waals surface area (Å²) in [6.07, 6.45) is 0.755. The molecule has 4 heteroatoms. The third-order valence-corrected chi connectivity index (χ3v) is 2.59. The van der Waals surface area contributed by atoms with Crippen molar-refractivity contribution in [3.05, 3.63) is 18.2 Å². The number of esters is 1. The lowest BCUT2D eigenvalue weighted by Crippen LogP contribution is -2.17. The van der Waals surface area contributed by atoms with Gasteiger partial charge in [-0.1, -0.05) is 19.9 Å². The van der Waals surface area contributed by atoms with Gasteiger partial charge in [-0.15, -0.1) is 0 Å². The lowest BCUT2D eigenvalue weighted by Gasteiger charge is -2.10. The summed E-state index contributed by atoms with van der Waals surface area (Å²) < 4.78 is 15.7. The molecular weight excluding hydrogens is 208 g/mol. The first-order chi connectivity index (χ1) is 7.72. The molecule has 1 aromatic carbocycles. The predicted molar refractivity (Wildman–Crippen MR) is 57.7 cm³/mol. The Kier molecular flexibility index (Phi) is 2.99. The van der Waals surface area contributed by atoms with Gasteiger partial charge >= 0.3 is 5.97 Å². The molecule has 1 aliphatic rings. The van der Waals surface area contributed by atoms with E-state index in [-0.39, 0.29) is 18.7 Å². The second-order valence-corrected chi connectivity index (χ2v) is 3.72. The van der Waals surface area contributed by atoms with E-state index in [1.54, 1.807) is 18.2 Å². The Morgan fingerprint density at radius 1 is 1.50 bits per heavy atom. The van der Waals surface area contributed by atoms with Gasteiger partial charge in [-0.05, 0) is 18.6 Å². The van der Waals surface area contributed by atoms with E-state index < -0.39 is 0 Å². The fourth-order valence-electron chi connectivity index (χ4n) is 1.36. The number of hydrogen-bond donors (Lipinski definition) is 0. The highest BCUT2D eigenvalue weighted by Gasteiger charge is 2.21. The van der Waals surface area contributed by atoms with Crippen LogP contribution in [-0.2, 0) is 4.79 Å². The van der Waals surface area contributed by atoms with Gasteiger partial charge < -0.3 is 14.2 Å². The maximum atomic E-state index is 11.6. The number of para-hydroxylation sites is 1. The summed E-state index contributed by atoms with van der Waals surface area (Å²) >= 11 is 0. The van der Waals surface area contributed by atoms with Crippen molar-refractivity contribution in [3.8, 4) is 17.2 Å². The molecule has 0 aromatic heterocycles. The van der Waals surface area contributed by atoms with Crippen LogP contribution in [0.2, 0.25) is 0 Å². The van der Waals surface area contributed by atoms with Crippen LogP contribution in [0.1, 0.15) is 20.3 Å². The van der Waals surface area contributed by atoms with Crippen LogP contribution in [0.25, 0.3) is 0 Å². The van der Waals surface area contributed by atoms with E-state index in [0.717, 1.165) is 6.42 Å².